The van der Waals surface area contributed by atoms with Crippen LogP contribution in [0, 0.1) is 18.3 Å². The predicted octanol–water partition coefficient (Wildman–Crippen LogP) is 7.84. The van der Waals surface area contributed by atoms with Crippen LogP contribution in [-0.2, 0) is 4.79 Å². The molecule has 3 aromatic carbocycles. The van der Waals surface area contributed by atoms with Crippen molar-refractivity contribution >= 4 is 50.4 Å². The van der Waals surface area contributed by atoms with E-state index >= 15 is 0 Å². The number of fused-ring (bicyclic) bond motifs is 1. The van der Waals surface area contributed by atoms with E-state index in [0.717, 1.165) is 69.0 Å². The average Bonchev–Trinajstić information content (AvgIpc) is 3.30. The maximum absolute atomic E-state index is 14.0. The van der Waals surface area contributed by atoms with Crippen LogP contribution < -0.4 is 0 Å². The summed E-state index contributed by atoms with van der Waals surface area (Å²) in [6, 6.07) is 18.4. The zero-order chi connectivity index (χ0) is 24.4. The summed E-state index contributed by atoms with van der Waals surface area (Å²) in [6.45, 7) is 7.71. The molecule has 0 atom stereocenters. The van der Waals surface area contributed by atoms with E-state index in [9.17, 15) is 9.18 Å². The van der Waals surface area contributed by atoms with E-state index in [2.05, 4.69) is 28.0 Å². The Morgan fingerprint density at radius 2 is 1.86 bits per heavy atom. The molecule has 1 heterocycles. The molecule has 172 valence electrons. The summed E-state index contributed by atoms with van der Waals surface area (Å²) in [5.41, 5.74) is 8.55. The Labute approximate surface area is 206 Å². The first-order valence-corrected chi connectivity index (χ1v) is 12.2. The van der Waals surface area contributed by atoms with Crippen molar-refractivity contribution in [2.24, 2.45) is 5.92 Å². The van der Waals surface area contributed by atoms with Crippen LogP contribution in [0.4, 0.5) is 10.1 Å². The van der Waals surface area contributed by atoms with Crippen LogP contribution in [0.5, 0.6) is 0 Å². The summed E-state index contributed by atoms with van der Waals surface area (Å²) < 4.78 is 15.1. The maximum atomic E-state index is 14.0. The molecule has 4 nitrogen and oxygen atoms in total. The average molecular weight is 481 g/mol. The molecule has 6 heteroatoms. The number of aliphatic carboxylic acids is 1. The monoisotopic (exact) mass is 480 g/mol. The fourth-order valence-corrected chi connectivity index (χ4v) is 5.16. The second-order valence-corrected chi connectivity index (χ2v) is 9.40. The van der Waals surface area contributed by atoms with Crippen molar-refractivity contribution in [2.75, 3.05) is 0 Å². The lowest BCUT2D eigenvalue weighted by Crippen LogP contribution is -2.15. The lowest BCUT2D eigenvalue weighted by molar-refractivity contribution is -0.131. The Hall–Kier alpha value is -4.08. The molecule has 35 heavy (non-hydrogen) atoms. The highest BCUT2D eigenvalue weighted by Gasteiger charge is 2.29. The smallest absolute Gasteiger partial charge is 0.328 e. The van der Waals surface area contributed by atoms with Crippen LogP contribution in [0.1, 0.15) is 41.5 Å². The van der Waals surface area contributed by atoms with E-state index in [-0.39, 0.29) is 5.92 Å². The molecule has 0 radical (unpaired) electrons. The molecule has 5 rings (SSSR count). The number of carboxylic acid groups (broad SMARTS) is 1. The van der Waals surface area contributed by atoms with Gasteiger partial charge in [0, 0.05) is 6.08 Å². The lowest BCUT2D eigenvalue weighted by atomic mass is 9.72. The highest BCUT2D eigenvalue weighted by molar-refractivity contribution is 7.16. The quantitative estimate of drug-likeness (QED) is 0.174. The molecular formula is C29H21FN2O2S. The summed E-state index contributed by atoms with van der Waals surface area (Å²) in [5, 5.41) is 8.95. The molecule has 4 aromatic rings. The number of hydrogen-bond donors (Lipinski definition) is 1. The molecule has 0 spiro atoms. The first-order chi connectivity index (χ1) is 17.0. The second-order valence-electron chi connectivity index (χ2n) is 8.52. The summed E-state index contributed by atoms with van der Waals surface area (Å²) >= 11 is 1.58. The molecule has 1 saturated carbocycles. The Morgan fingerprint density at radius 1 is 1.09 bits per heavy atom. The van der Waals surface area contributed by atoms with Gasteiger partial charge >= 0.3 is 5.97 Å². The number of hydrogen-bond acceptors (Lipinski definition) is 3. The van der Waals surface area contributed by atoms with Gasteiger partial charge in [-0.05, 0) is 82.5 Å². The molecule has 1 aliphatic carbocycles. The van der Waals surface area contributed by atoms with Crippen LogP contribution in [0.15, 0.2) is 72.3 Å². The van der Waals surface area contributed by atoms with Crippen LogP contribution >= 0.6 is 11.3 Å². The minimum absolute atomic E-state index is 0.258. The minimum Gasteiger partial charge on any atom is -0.478 e. The van der Waals surface area contributed by atoms with Gasteiger partial charge in [0.1, 0.15) is 5.82 Å². The van der Waals surface area contributed by atoms with Gasteiger partial charge in [0.15, 0.2) is 5.69 Å². The van der Waals surface area contributed by atoms with E-state index in [1.54, 1.807) is 23.5 Å². The lowest BCUT2D eigenvalue weighted by Gasteiger charge is -2.32. The molecule has 0 amide bonds. The van der Waals surface area contributed by atoms with Crippen molar-refractivity contribution in [1.82, 2.24) is 4.98 Å². The van der Waals surface area contributed by atoms with Gasteiger partial charge in [0.25, 0.3) is 0 Å². The third-order valence-corrected chi connectivity index (χ3v) is 7.20. The number of thiazole rings is 1. The molecule has 1 fully saturated rings. The van der Waals surface area contributed by atoms with Gasteiger partial charge in [-0.25, -0.2) is 19.0 Å². The maximum Gasteiger partial charge on any atom is 0.328 e. The zero-order valence-corrected chi connectivity index (χ0v) is 19.6. The van der Waals surface area contributed by atoms with Crippen molar-refractivity contribution in [2.45, 2.75) is 19.3 Å². The second kappa shape index (κ2) is 9.65. The molecule has 0 aliphatic heterocycles. The van der Waals surface area contributed by atoms with Crippen molar-refractivity contribution in [3.8, 4) is 0 Å². The van der Waals surface area contributed by atoms with Gasteiger partial charge in [0.2, 0.25) is 0 Å². The van der Waals surface area contributed by atoms with Crippen LogP contribution in [0.3, 0.4) is 0 Å². The van der Waals surface area contributed by atoms with E-state index < -0.39 is 11.8 Å². The Bertz CT molecular complexity index is 1520. The minimum atomic E-state index is -0.999. The van der Waals surface area contributed by atoms with Crippen molar-refractivity contribution in [3.63, 3.8) is 0 Å². The SMILES string of the molecule is [C-]#[N+]c1cc(F)ccc1/C(=C(\c1ccc(/C=C/C(=O)O)cc1)c1ccc2scnc2c1)C1CCC1. The molecule has 0 unspecified atom stereocenters. The first-order valence-electron chi connectivity index (χ1n) is 11.3. The van der Waals surface area contributed by atoms with Gasteiger partial charge in [-0.3, -0.25) is 0 Å². The number of nitrogens with zero attached hydrogens (tertiary/aromatic N) is 2. The van der Waals surface area contributed by atoms with Crippen molar-refractivity contribution in [3.05, 3.63) is 112 Å². The van der Waals surface area contributed by atoms with Crippen molar-refractivity contribution in [1.29, 1.82) is 0 Å². The number of carbonyl (C=O) groups is 1. The largest absolute Gasteiger partial charge is 0.478 e. The fourth-order valence-electron chi connectivity index (χ4n) is 4.50. The Kier molecular flexibility index (Phi) is 6.26. The number of carboxylic acids is 1. The van der Waals surface area contributed by atoms with Crippen molar-refractivity contribution < 1.29 is 14.3 Å². The normalized spacial score (nSPS) is 14.5. The Morgan fingerprint density at radius 3 is 2.54 bits per heavy atom. The highest BCUT2D eigenvalue weighted by atomic mass is 32.1. The van der Waals surface area contributed by atoms with Crippen LogP contribution in [-0.4, -0.2) is 16.1 Å². The van der Waals surface area contributed by atoms with Gasteiger partial charge in [-0.2, -0.15) is 0 Å². The third-order valence-electron chi connectivity index (χ3n) is 6.39. The number of allylic oxidation sites excluding steroid dienone is 1. The molecule has 1 aromatic heterocycles. The van der Waals surface area contributed by atoms with Gasteiger partial charge in [-0.1, -0.05) is 42.8 Å². The third kappa shape index (κ3) is 4.64. The topological polar surface area (TPSA) is 54.5 Å². The summed E-state index contributed by atoms with van der Waals surface area (Å²) in [7, 11) is 0. The van der Waals surface area contributed by atoms with Gasteiger partial charge in [0.05, 0.1) is 22.3 Å². The zero-order valence-electron chi connectivity index (χ0n) is 18.7. The van der Waals surface area contributed by atoms with E-state index in [1.165, 1.54) is 12.1 Å². The first kappa shape index (κ1) is 22.7. The molecular weight excluding hydrogens is 459 g/mol. The van der Waals surface area contributed by atoms with E-state index in [1.807, 2.05) is 29.8 Å². The summed E-state index contributed by atoms with van der Waals surface area (Å²) in [6.07, 6.45) is 5.79. The number of halogens is 1. The fraction of sp³-hybridized carbons (Fsp3) is 0.138. The number of aromatic nitrogens is 1. The van der Waals surface area contributed by atoms with Crippen LogP contribution in [0.25, 0.3) is 32.3 Å². The molecule has 0 bridgehead atoms. The van der Waals surface area contributed by atoms with Gasteiger partial charge in [-0.15, -0.1) is 11.3 Å². The number of benzene rings is 3. The standard InChI is InChI=1S/C29H21FN2O2S/c1-31-24-16-22(30)11-12-23(24)29(19-3-2-4-19)28(21-10-13-26-25(15-21)32-17-35-26)20-8-5-18(6-9-20)7-14-27(33)34/h5-17,19H,2-4H2,(H,33,34)/b14-7+,29-28+. The predicted molar refractivity (Wildman–Crippen MR) is 139 cm³/mol. The van der Waals surface area contributed by atoms with Crippen LogP contribution in [0.2, 0.25) is 0 Å². The highest BCUT2D eigenvalue weighted by Crippen LogP contribution is 2.47. The van der Waals surface area contributed by atoms with Gasteiger partial charge < -0.3 is 5.11 Å². The summed E-state index contributed by atoms with van der Waals surface area (Å²) in [5.74, 6) is -1.16. The summed E-state index contributed by atoms with van der Waals surface area (Å²) in [4.78, 5) is 19.1. The Balaban J connectivity index is 1.77. The molecule has 1 N–H and O–H groups in total. The van der Waals surface area contributed by atoms with E-state index in [0.29, 0.717) is 5.69 Å². The molecule has 0 saturated heterocycles. The van der Waals surface area contributed by atoms with E-state index in [4.69, 9.17) is 11.7 Å². The molecule has 1 aliphatic rings. The number of rotatable bonds is 6.